The third-order valence-electron chi connectivity index (χ3n) is 6.08. The molecular weight excluding hydrogens is 406 g/mol. The predicted octanol–water partition coefficient (Wildman–Crippen LogP) is 2.74. The van der Waals surface area contributed by atoms with E-state index in [4.69, 9.17) is 9.47 Å². The van der Waals surface area contributed by atoms with Gasteiger partial charge in [0.25, 0.3) is 0 Å². The minimum absolute atomic E-state index is 0.0567. The molecule has 0 radical (unpaired) electrons. The summed E-state index contributed by atoms with van der Waals surface area (Å²) in [5.74, 6) is 0.557. The van der Waals surface area contributed by atoms with Crippen LogP contribution < -0.4 is 15.0 Å². The number of anilines is 1. The molecular formula is C25H33N3O4. The summed E-state index contributed by atoms with van der Waals surface area (Å²) in [5.41, 5.74) is 2.78. The number of hydrogen-bond donors (Lipinski definition) is 1. The standard InChI is InChI=1S/C25H33N3O4/c1-18-17-27(22-9-7-21(8-10-22)25(30)32-4)15-16-28(18)19(2)24(29)26-14-13-20-5-11-23(31-3)12-6-20/h5-12,18-19H,13-17H2,1-4H3,(H,26,29). The van der Waals surface area contributed by atoms with E-state index < -0.39 is 0 Å². The van der Waals surface area contributed by atoms with Gasteiger partial charge in [-0.1, -0.05) is 12.1 Å². The summed E-state index contributed by atoms with van der Waals surface area (Å²) in [6.45, 7) is 7.17. The Balaban J connectivity index is 1.48. The molecule has 1 saturated heterocycles. The Morgan fingerprint density at radius 2 is 1.75 bits per heavy atom. The van der Waals surface area contributed by atoms with Crippen LogP contribution in [-0.2, 0) is 16.0 Å². The summed E-state index contributed by atoms with van der Waals surface area (Å²) in [4.78, 5) is 28.9. The summed E-state index contributed by atoms with van der Waals surface area (Å²) in [7, 11) is 3.03. The van der Waals surface area contributed by atoms with Gasteiger partial charge in [0, 0.05) is 37.9 Å². The Labute approximate surface area is 190 Å². The SMILES string of the molecule is COC(=O)c1ccc(N2CCN(C(C)C(=O)NCCc3ccc(OC)cc3)C(C)C2)cc1. The number of hydrogen-bond acceptors (Lipinski definition) is 6. The van der Waals surface area contributed by atoms with Crippen LogP contribution in [0.15, 0.2) is 48.5 Å². The molecule has 0 aliphatic carbocycles. The molecule has 2 atom stereocenters. The van der Waals surface area contributed by atoms with Crippen molar-refractivity contribution in [2.75, 3.05) is 45.3 Å². The van der Waals surface area contributed by atoms with E-state index in [0.29, 0.717) is 12.1 Å². The van der Waals surface area contributed by atoms with Crippen molar-refractivity contribution in [1.82, 2.24) is 10.2 Å². The van der Waals surface area contributed by atoms with Gasteiger partial charge in [-0.05, 0) is 62.2 Å². The van der Waals surface area contributed by atoms with E-state index >= 15 is 0 Å². The Kier molecular flexibility index (Phi) is 8.11. The van der Waals surface area contributed by atoms with Crippen LogP contribution in [0.25, 0.3) is 0 Å². The fourth-order valence-electron chi connectivity index (χ4n) is 4.13. The van der Waals surface area contributed by atoms with Crippen LogP contribution in [0.2, 0.25) is 0 Å². The van der Waals surface area contributed by atoms with E-state index in [1.165, 1.54) is 12.7 Å². The number of benzene rings is 2. The van der Waals surface area contributed by atoms with Gasteiger partial charge in [-0.3, -0.25) is 9.69 Å². The molecule has 1 heterocycles. The highest BCUT2D eigenvalue weighted by atomic mass is 16.5. The van der Waals surface area contributed by atoms with E-state index in [1.807, 2.05) is 43.3 Å². The van der Waals surface area contributed by atoms with Crippen LogP contribution >= 0.6 is 0 Å². The number of esters is 1. The lowest BCUT2D eigenvalue weighted by Crippen LogP contribution is -2.58. The molecule has 1 aliphatic heterocycles. The molecule has 0 spiro atoms. The molecule has 0 bridgehead atoms. The van der Waals surface area contributed by atoms with Crippen LogP contribution in [0.4, 0.5) is 5.69 Å². The maximum atomic E-state index is 12.7. The second-order valence-corrected chi connectivity index (χ2v) is 8.14. The van der Waals surface area contributed by atoms with Gasteiger partial charge in [0.15, 0.2) is 0 Å². The molecule has 3 rings (SSSR count). The monoisotopic (exact) mass is 439 g/mol. The van der Waals surface area contributed by atoms with Crippen molar-refractivity contribution in [2.45, 2.75) is 32.4 Å². The number of methoxy groups -OCH3 is 2. The Bertz CT molecular complexity index is 898. The topological polar surface area (TPSA) is 71.1 Å². The van der Waals surface area contributed by atoms with Gasteiger partial charge in [0.05, 0.1) is 25.8 Å². The summed E-state index contributed by atoms with van der Waals surface area (Å²) in [6, 6.07) is 15.4. The fourth-order valence-corrected chi connectivity index (χ4v) is 4.13. The molecule has 2 aromatic carbocycles. The number of nitrogens with one attached hydrogen (secondary N) is 1. The zero-order chi connectivity index (χ0) is 23.1. The van der Waals surface area contributed by atoms with Crippen molar-refractivity contribution in [3.05, 3.63) is 59.7 Å². The second-order valence-electron chi connectivity index (χ2n) is 8.14. The lowest BCUT2D eigenvalue weighted by molar-refractivity contribution is -0.126. The number of carbonyl (C=O) groups is 2. The quantitative estimate of drug-likeness (QED) is 0.638. The average molecular weight is 440 g/mol. The lowest BCUT2D eigenvalue weighted by atomic mass is 10.1. The highest BCUT2D eigenvalue weighted by molar-refractivity contribution is 5.89. The summed E-state index contributed by atoms with van der Waals surface area (Å²) in [5, 5.41) is 3.07. The Hall–Kier alpha value is -3.06. The van der Waals surface area contributed by atoms with Crippen LogP contribution in [0.1, 0.15) is 29.8 Å². The first-order valence-corrected chi connectivity index (χ1v) is 11.0. The highest BCUT2D eigenvalue weighted by Gasteiger charge is 2.30. The fraction of sp³-hybridized carbons (Fsp3) is 0.440. The first kappa shape index (κ1) is 23.6. The van der Waals surface area contributed by atoms with Gasteiger partial charge in [0.2, 0.25) is 5.91 Å². The average Bonchev–Trinajstić information content (AvgIpc) is 2.83. The first-order chi connectivity index (χ1) is 15.4. The number of rotatable bonds is 8. The molecule has 1 N–H and O–H groups in total. The van der Waals surface area contributed by atoms with Gasteiger partial charge < -0.3 is 19.7 Å². The summed E-state index contributed by atoms with van der Waals surface area (Å²) in [6.07, 6.45) is 0.785. The van der Waals surface area contributed by atoms with Gasteiger partial charge >= 0.3 is 5.97 Å². The van der Waals surface area contributed by atoms with Crippen LogP contribution in [0.5, 0.6) is 5.75 Å². The molecule has 1 aliphatic rings. The molecule has 1 fully saturated rings. The van der Waals surface area contributed by atoms with Crippen molar-refractivity contribution >= 4 is 17.6 Å². The maximum absolute atomic E-state index is 12.7. The van der Waals surface area contributed by atoms with Gasteiger partial charge in [-0.15, -0.1) is 0 Å². The smallest absolute Gasteiger partial charge is 0.337 e. The molecule has 0 aromatic heterocycles. The highest BCUT2D eigenvalue weighted by Crippen LogP contribution is 2.21. The van der Waals surface area contributed by atoms with Crippen LogP contribution in [-0.4, -0.2) is 69.3 Å². The van der Waals surface area contributed by atoms with E-state index in [1.54, 1.807) is 19.2 Å². The third-order valence-corrected chi connectivity index (χ3v) is 6.08. The number of carbonyl (C=O) groups excluding carboxylic acids is 2. The number of nitrogens with zero attached hydrogens (tertiary/aromatic N) is 2. The molecule has 7 heteroatoms. The van der Waals surface area contributed by atoms with Crippen molar-refractivity contribution in [1.29, 1.82) is 0 Å². The number of ether oxygens (including phenoxy) is 2. The largest absolute Gasteiger partial charge is 0.497 e. The minimum atomic E-state index is -0.332. The van der Waals surface area contributed by atoms with E-state index in [2.05, 4.69) is 22.0 Å². The van der Waals surface area contributed by atoms with E-state index in [9.17, 15) is 9.59 Å². The lowest BCUT2D eigenvalue weighted by Gasteiger charge is -2.43. The minimum Gasteiger partial charge on any atom is -0.497 e. The van der Waals surface area contributed by atoms with Crippen molar-refractivity contribution in [3.63, 3.8) is 0 Å². The Morgan fingerprint density at radius 3 is 2.34 bits per heavy atom. The zero-order valence-corrected chi connectivity index (χ0v) is 19.3. The van der Waals surface area contributed by atoms with E-state index in [0.717, 1.165) is 37.5 Å². The zero-order valence-electron chi connectivity index (χ0n) is 19.3. The summed E-state index contributed by atoms with van der Waals surface area (Å²) >= 11 is 0. The Morgan fingerprint density at radius 1 is 1.06 bits per heavy atom. The second kappa shape index (κ2) is 11.0. The number of piperazine rings is 1. The van der Waals surface area contributed by atoms with Gasteiger partial charge in [0.1, 0.15) is 5.75 Å². The van der Waals surface area contributed by atoms with Crippen LogP contribution in [0, 0.1) is 0 Å². The molecule has 172 valence electrons. The van der Waals surface area contributed by atoms with Crippen molar-refractivity contribution in [3.8, 4) is 5.75 Å². The molecule has 0 saturated carbocycles. The molecule has 32 heavy (non-hydrogen) atoms. The van der Waals surface area contributed by atoms with Crippen molar-refractivity contribution in [2.24, 2.45) is 0 Å². The van der Waals surface area contributed by atoms with Gasteiger partial charge in [-0.25, -0.2) is 4.79 Å². The van der Waals surface area contributed by atoms with Crippen LogP contribution in [0.3, 0.4) is 0 Å². The van der Waals surface area contributed by atoms with E-state index in [-0.39, 0.29) is 24.0 Å². The predicted molar refractivity (Wildman–Crippen MR) is 125 cm³/mol. The van der Waals surface area contributed by atoms with Crippen molar-refractivity contribution < 1.29 is 19.1 Å². The summed E-state index contributed by atoms with van der Waals surface area (Å²) < 4.78 is 9.94. The molecule has 1 amide bonds. The molecule has 2 unspecified atom stereocenters. The first-order valence-electron chi connectivity index (χ1n) is 11.0. The third kappa shape index (κ3) is 5.79. The normalized spacial score (nSPS) is 17.5. The molecule has 2 aromatic rings. The molecule has 7 nitrogen and oxygen atoms in total. The van der Waals surface area contributed by atoms with Gasteiger partial charge in [-0.2, -0.15) is 0 Å². The number of amides is 1. The maximum Gasteiger partial charge on any atom is 0.337 e.